The number of rotatable bonds is 6. The zero-order chi connectivity index (χ0) is 11.8. The van der Waals surface area contributed by atoms with E-state index in [1.807, 2.05) is 24.3 Å². The van der Waals surface area contributed by atoms with E-state index in [1.165, 1.54) is 0 Å². The van der Waals surface area contributed by atoms with Gasteiger partial charge in [0.1, 0.15) is 0 Å². The van der Waals surface area contributed by atoms with Crippen molar-refractivity contribution in [3.8, 4) is 0 Å². The Morgan fingerprint density at radius 2 is 2.00 bits per heavy atom. The maximum atomic E-state index is 11.6. The summed E-state index contributed by atoms with van der Waals surface area (Å²) < 4.78 is 1.07. The first-order valence-electron chi connectivity index (χ1n) is 5.48. The average Bonchev–Trinajstić information content (AvgIpc) is 2.28. The predicted molar refractivity (Wildman–Crippen MR) is 75.3 cm³/mol. The molecule has 0 saturated carbocycles. The van der Waals surface area contributed by atoms with Gasteiger partial charge in [0.2, 0.25) is 5.91 Å². The van der Waals surface area contributed by atoms with Gasteiger partial charge in [0.25, 0.3) is 0 Å². The Hall–Kier alpha value is -0.620. The third kappa shape index (κ3) is 4.94. The molecule has 0 radical (unpaired) electrons. The van der Waals surface area contributed by atoms with Gasteiger partial charge in [-0.15, -0.1) is 0 Å². The molecule has 88 valence electrons. The van der Waals surface area contributed by atoms with Crippen LogP contribution in [0.25, 0.3) is 0 Å². The van der Waals surface area contributed by atoms with Crippen LogP contribution in [0.15, 0.2) is 24.3 Å². The van der Waals surface area contributed by atoms with Gasteiger partial charge in [-0.2, -0.15) is 0 Å². The minimum atomic E-state index is 0.0844. The number of unbranched alkanes of at least 4 members (excludes halogenated alkanes) is 2. The minimum absolute atomic E-state index is 0.0844. The topological polar surface area (TPSA) is 55.1 Å². The van der Waals surface area contributed by atoms with E-state index in [2.05, 4.69) is 27.9 Å². The van der Waals surface area contributed by atoms with E-state index < -0.39 is 0 Å². The summed E-state index contributed by atoms with van der Waals surface area (Å²) in [4.78, 5) is 11.6. The number of nitrogens with one attached hydrogen (secondary N) is 1. The Balaban J connectivity index is 2.32. The highest BCUT2D eigenvalue weighted by molar-refractivity contribution is 14.1. The molecule has 0 unspecified atom stereocenters. The van der Waals surface area contributed by atoms with Crippen molar-refractivity contribution in [1.29, 1.82) is 0 Å². The first-order valence-corrected chi connectivity index (χ1v) is 6.56. The molecule has 3 N–H and O–H groups in total. The molecular formula is C12H17IN2O. The fourth-order valence-corrected chi connectivity index (χ4v) is 1.90. The molecule has 3 nitrogen and oxygen atoms in total. The van der Waals surface area contributed by atoms with Gasteiger partial charge < -0.3 is 11.1 Å². The summed E-state index contributed by atoms with van der Waals surface area (Å²) in [6.07, 6.45) is 3.50. The molecule has 0 aliphatic rings. The van der Waals surface area contributed by atoms with E-state index in [4.69, 9.17) is 5.73 Å². The molecule has 0 saturated heterocycles. The molecule has 0 aromatic heterocycles. The minimum Gasteiger partial charge on any atom is -0.330 e. The summed E-state index contributed by atoms with van der Waals surface area (Å²) in [5.74, 6) is 0.0844. The number of hydrogen-bond acceptors (Lipinski definition) is 2. The predicted octanol–water partition coefficient (Wildman–Crippen LogP) is 2.75. The Morgan fingerprint density at radius 3 is 2.69 bits per heavy atom. The van der Waals surface area contributed by atoms with Crippen LogP contribution in [0.5, 0.6) is 0 Å². The molecule has 0 bridgehead atoms. The van der Waals surface area contributed by atoms with Gasteiger partial charge in [-0.1, -0.05) is 18.6 Å². The molecule has 0 fully saturated rings. The van der Waals surface area contributed by atoms with Gasteiger partial charge in [-0.05, 0) is 54.1 Å². The van der Waals surface area contributed by atoms with Crippen LogP contribution in [0.1, 0.15) is 25.7 Å². The quantitative estimate of drug-likeness (QED) is 0.622. The van der Waals surface area contributed by atoms with Crippen molar-refractivity contribution in [3.05, 3.63) is 27.8 Å². The number of carbonyl (C=O) groups is 1. The smallest absolute Gasteiger partial charge is 0.224 e. The molecule has 0 atom stereocenters. The molecular weight excluding hydrogens is 315 g/mol. The summed E-state index contributed by atoms with van der Waals surface area (Å²) in [6.45, 7) is 0.707. The Morgan fingerprint density at radius 1 is 1.25 bits per heavy atom. The van der Waals surface area contributed by atoms with Gasteiger partial charge in [-0.25, -0.2) is 0 Å². The first-order chi connectivity index (χ1) is 7.74. The molecule has 1 amide bonds. The summed E-state index contributed by atoms with van der Waals surface area (Å²) in [6, 6.07) is 7.77. The van der Waals surface area contributed by atoms with Crippen molar-refractivity contribution in [2.45, 2.75) is 25.7 Å². The van der Waals surface area contributed by atoms with E-state index in [1.54, 1.807) is 0 Å². The standard InChI is InChI=1S/C12H17IN2O/c13-10-6-3-4-7-11(10)15-12(16)8-2-1-5-9-14/h3-4,6-7H,1-2,5,8-9,14H2,(H,15,16). The summed E-state index contributed by atoms with van der Waals surface area (Å²) >= 11 is 2.21. The molecule has 16 heavy (non-hydrogen) atoms. The molecule has 0 spiro atoms. The average molecular weight is 332 g/mol. The lowest BCUT2D eigenvalue weighted by Crippen LogP contribution is -2.12. The van der Waals surface area contributed by atoms with Gasteiger partial charge >= 0.3 is 0 Å². The van der Waals surface area contributed by atoms with Crippen molar-refractivity contribution in [1.82, 2.24) is 0 Å². The van der Waals surface area contributed by atoms with Crippen LogP contribution in [0, 0.1) is 3.57 Å². The lowest BCUT2D eigenvalue weighted by atomic mass is 10.2. The second kappa shape index (κ2) is 7.62. The molecule has 1 aromatic carbocycles. The van der Waals surface area contributed by atoms with Crippen LogP contribution < -0.4 is 11.1 Å². The molecule has 0 aliphatic carbocycles. The zero-order valence-electron chi connectivity index (χ0n) is 9.21. The van der Waals surface area contributed by atoms with Crippen LogP contribution in [0.3, 0.4) is 0 Å². The largest absolute Gasteiger partial charge is 0.330 e. The van der Waals surface area contributed by atoms with Gasteiger partial charge in [0, 0.05) is 9.99 Å². The Labute approximate surface area is 110 Å². The van der Waals surface area contributed by atoms with E-state index in [-0.39, 0.29) is 5.91 Å². The molecule has 4 heteroatoms. The number of nitrogens with two attached hydrogens (primary N) is 1. The summed E-state index contributed by atoms with van der Waals surface area (Å²) in [5, 5.41) is 2.91. The maximum absolute atomic E-state index is 11.6. The van der Waals surface area contributed by atoms with Gasteiger partial charge in [0.15, 0.2) is 0 Å². The lowest BCUT2D eigenvalue weighted by molar-refractivity contribution is -0.116. The van der Waals surface area contributed by atoms with E-state index in [0.29, 0.717) is 13.0 Å². The van der Waals surface area contributed by atoms with E-state index in [0.717, 1.165) is 28.5 Å². The van der Waals surface area contributed by atoms with Gasteiger partial charge in [0.05, 0.1) is 5.69 Å². The SMILES string of the molecule is NCCCCCC(=O)Nc1ccccc1I. The van der Waals surface area contributed by atoms with Crippen LogP contribution in [0.2, 0.25) is 0 Å². The normalized spacial score (nSPS) is 10.1. The fourth-order valence-electron chi connectivity index (χ4n) is 1.38. The molecule has 1 aromatic rings. The summed E-state index contributed by atoms with van der Waals surface area (Å²) in [7, 11) is 0. The van der Waals surface area contributed by atoms with Crippen molar-refractivity contribution in [2.24, 2.45) is 5.73 Å². The van der Waals surface area contributed by atoms with Crippen molar-refractivity contribution in [3.63, 3.8) is 0 Å². The number of anilines is 1. The Bertz CT molecular complexity index is 342. The third-order valence-corrected chi connectivity index (χ3v) is 3.20. The number of amides is 1. The van der Waals surface area contributed by atoms with E-state index >= 15 is 0 Å². The maximum Gasteiger partial charge on any atom is 0.224 e. The van der Waals surface area contributed by atoms with Crippen LogP contribution in [-0.4, -0.2) is 12.5 Å². The Kier molecular flexibility index (Phi) is 6.40. The zero-order valence-corrected chi connectivity index (χ0v) is 11.4. The summed E-state index contributed by atoms with van der Waals surface area (Å²) in [5.41, 5.74) is 6.28. The molecule has 1 rings (SSSR count). The van der Waals surface area contributed by atoms with Crippen molar-refractivity contribution >= 4 is 34.2 Å². The number of benzene rings is 1. The highest BCUT2D eigenvalue weighted by atomic mass is 127. The van der Waals surface area contributed by atoms with E-state index in [9.17, 15) is 4.79 Å². The van der Waals surface area contributed by atoms with Gasteiger partial charge in [-0.3, -0.25) is 4.79 Å². The lowest BCUT2D eigenvalue weighted by Gasteiger charge is -2.06. The third-order valence-electron chi connectivity index (χ3n) is 2.26. The highest BCUT2D eigenvalue weighted by Crippen LogP contribution is 2.17. The number of para-hydroxylation sites is 1. The van der Waals surface area contributed by atoms with Crippen LogP contribution in [-0.2, 0) is 4.79 Å². The van der Waals surface area contributed by atoms with Crippen LogP contribution >= 0.6 is 22.6 Å². The highest BCUT2D eigenvalue weighted by Gasteiger charge is 2.04. The van der Waals surface area contributed by atoms with Crippen molar-refractivity contribution < 1.29 is 4.79 Å². The number of carbonyl (C=O) groups excluding carboxylic acids is 1. The monoisotopic (exact) mass is 332 g/mol. The first kappa shape index (κ1) is 13.4. The fraction of sp³-hybridized carbons (Fsp3) is 0.417. The number of hydrogen-bond donors (Lipinski definition) is 2. The van der Waals surface area contributed by atoms with Crippen molar-refractivity contribution in [2.75, 3.05) is 11.9 Å². The number of halogens is 1. The second-order valence-electron chi connectivity index (χ2n) is 3.63. The second-order valence-corrected chi connectivity index (χ2v) is 4.79. The molecule has 0 heterocycles. The van der Waals surface area contributed by atoms with Crippen LogP contribution in [0.4, 0.5) is 5.69 Å². The molecule has 0 aliphatic heterocycles.